The van der Waals surface area contributed by atoms with Gasteiger partial charge in [-0.25, -0.2) is 14.4 Å². The van der Waals surface area contributed by atoms with Gasteiger partial charge in [0.25, 0.3) is 0 Å². The lowest BCUT2D eigenvalue weighted by Gasteiger charge is -2.25. The molecule has 1 aromatic heterocycles. The van der Waals surface area contributed by atoms with Crippen molar-refractivity contribution in [3.8, 4) is 0 Å². The van der Waals surface area contributed by atoms with E-state index in [1.165, 1.54) is 12.4 Å². The van der Waals surface area contributed by atoms with Crippen molar-refractivity contribution in [1.82, 2.24) is 9.97 Å². The Morgan fingerprint density at radius 3 is 2.40 bits per heavy atom. The molecule has 0 unspecified atom stereocenters. The number of nitrogens with one attached hydrogen (secondary N) is 1. The summed E-state index contributed by atoms with van der Waals surface area (Å²) in [5, 5.41) is 3.48. The number of rotatable bonds is 2. The van der Waals surface area contributed by atoms with E-state index in [2.05, 4.69) is 15.3 Å². The smallest absolute Gasteiger partial charge is 0.222 e. The van der Waals surface area contributed by atoms with Gasteiger partial charge in [0.1, 0.15) is 0 Å². The first-order chi connectivity index (χ1) is 7.24. The van der Waals surface area contributed by atoms with Crippen LogP contribution in [-0.4, -0.2) is 21.4 Å². The summed E-state index contributed by atoms with van der Waals surface area (Å²) < 4.78 is 12.5. The number of hydrogen-bond acceptors (Lipinski definition) is 3. The summed E-state index contributed by atoms with van der Waals surface area (Å²) in [4.78, 5) is 7.72. The van der Waals surface area contributed by atoms with Gasteiger partial charge in [0, 0.05) is 11.4 Å². The van der Waals surface area contributed by atoms with Crippen LogP contribution in [0.5, 0.6) is 0 Å². The van der Waals surface area contributed by atoms with Crippen molar-refractivity contribution >= 4 is 17.5 Å². The van der Waals surface area contributed by atoms with Crippen LogP contribution in [0.4, 0.5) is 10.3 Å². The van der Waals surface area contributed by atoms with E-state index < -0.39 is 5.82 Å². The number of halogens is 2. The molecule has 1 aliphatic carbocycles. The third-order valence-electron chi connectivity index (χ3n) is 2.61. The van der Waals surface area contributed by atoms with Crippen molar-refractivity contribution in [3.63, 3.8) is 0 Å². The number of aromatic nitrogens is 2. The van der Waals surface area contributed by atoms with Crippen molar-refractivity contribution in [3.05, 3.63) is 18.2 Å². The van der Waals surface area contributed by atoms with Crippen LogP contribution in [0.15, 0.2) is 12.4 Å². The normalized spacial score (nSPS) is 26.3. The third-order valence-corrected chi connectivity index (χ3v) is 3.05. The largest absolute Gasteiger partial charge is 0.351 e. The standard InChI is InChI=1S/C10H13ClFN3/c11-7-1-3-9(4-2-7)15-10-13-5-8(12)6-14-10/h5-7,9H,1-4H2,(H,13,14,15). The van der Waals surface area contributed by atoms with Gasteiger partial charge in [-0.1, -0.05) is 0 Å². The highest BCUT2D eigenvalue weighted by atomic mass is 35.5. The monoisotopic (exact) mass is 229 g/mol. The molecule has 0 radical (unpaired) electrons. The van der Waals surface area contributed by atoms with Gasteiger partial charge in [0.2, 0.25) is 5.95 Å². The minimum atomic E-state index is -0.412. The molecule has 0 aromatic carbocycles. The predicted molar refractivity (Wildman–Crippen MR) is 57.5 cm³/mol. The van der Waals surface area contributed by atoms with Crippen molar-refractivity contribution in [2.24, 2.45) is 0 Å². The molecule has 0 amide bonds. The Hall–Kier alpha value is -0.900. The lowest BCUT2D eigenvalue weighted by molar-refractivity contribution is 0.466. The van der Waals surface area contributed by atoms with Crippen LogP contribution in [0.3, 0.4) is 0 Å². The molecule has 0 spiro atoms. The van der Waals surface area contributed by atoms with Crippen molar-refractivity contribution in [2.75, 3.05) is 5.32 Å². The first kappa shape index (κ1) is 10.6. The van der Waals surface area contributed by atoms with E-state index in [1.54, 1.807) is 0 Å². The highest BCUT2D eigenvalue weighted by molar-refractivity contribution is 6.20. The molecule has 1 fully saturated rings. The Balaban J connectivity index is 1.89. The summed E-state index contributed by atoms with van der Waals surface area (Å²) in [6.07, 6.45) is 6.41. The number of hydrogen-bond donors (Lipinski definition) is 1. The molecule has 3 nitrogen and oxygen atoms in total. The quantitative estimate of drug-likeness (QED) is 0.793. The van der Waals surface area contributed by atoms with Crippen LogP contribution in [0.1, 0.15) is 25.7 Å². The molecular formula is C10H13ClFN3. The van der Waals surface area contributed by atoms with E-state index in [0.717, 1.165) is 25.7 Å². The second kappa shape index (κ2) is 4.75. The fourth-order valence-electron chi connectivity index (χ4n) is 1.77. The van der Waals surface area contributed by atoms with E-state index in [-0.39, 0.29) is 0 Å². The Morgan fingerprint density at radius 2 is 1.80 bits per heavy atom. The van der Waals surface area contributed by atoms with Crippen LogP contribution < -0.4 is 5.32 Å². The van der Waals surface area contributed by atoms with Gasteiger partial charge in [0.15, 0.2) is 5.82 Å². The Bertz CT molecular complexity index is 309. The van der Waals surface area contributed by atoms with Crippen LogP contribution in [0.25, 0.3) is 0 Å². The fourth-order valence-corrected chi connectivity index (χ4v) is 2.02. The van der Waals surface area contributed by atoms with Gasteiger partial charge < -0.3 is 5.32 Å². The van der Waals surface area contributed by atoms with E-state index in [4.69, 9.17) is 11.6 Å². The minimum Gasteiger partial charge on any atom is -0.351 e. The highest BCUT2D eigenvalue weighted by Gasteiger charge is 2.19. The maximum absolute atomic E-state index is 12.5. The number of alkyl halides is 1. The summed E-state index contributed by atoms with van der Waals surface area (Å²) in [5.41, 5.74) is 0. The predicted octanol–water partition coefficient (Wildman–Crippen LogP) is 2.58. The van der Waals surface area contributed by atoms with Crippen molar-refractivity contribution in [2.45, 2.75) is 37.1 Å². The molecule has 0 aliphatic heterocycles. The molecular weight excluding hydrogens is 217 g/mol. The lowest BCUT2D eigenvalue weighted by atomic mass is 9.95. The van der Waals surface area contributed by atoms with Crippen LogP contribution in [0.2, 0.25) is 0 Å². The van der Waals surface area contributed by atoms with Gasteiger partial charge in [-0.2, -0.15) is 0 Å². The van der Waals surface area contributed by atoms with Gasteiger partial charge >= 0.3 is 0 Å². The summed E-state index contributed by atoms with van der Waals surface area (Å²) in [6.45, 7) is 0. The molecule has 82 valence electrons. The average Bonchev–Trinajstić information content (AvgIpc) is 2.25. The van der Waals surface area contributed by atoms with E-state index >= 15 is 0 Å². The second-order valence-corrected chi connectivity index (χ2v) is 4.44. The molecule has 1 heterocycles. The van der Waals surface area contributed by atoms with Crippen molar-refractivity contribution < 1.29 is 4.39 Å². The number of nitrogens with zero attached hydrogens (tertiary/aromatic N) is 2. The van der Waals surface area contributed by atoms with Gasteiger partial charge in [-0.15, -0.1) is 11.6 Å². The summed E-state index contributed by atoms with van der Waals surface area (Å²) >= 11 is 6.00. The summed E-state index contributed by atoms with van der Waals surface area (Å²) in [6, 6.07) is 0.366. The van der Waals surface area contributed by atoms with Crippen LogP contribution in [-0.2, 0) is 0 Å². The third kappa shape index (κ3) is 3.02. The molecule has 0 bridgehead atoms. The van der Waals surface area contributed by atoms with E-state index in [0.29, 0.717) is 17.4 Å². The Kier molecular flexibility index (Phi) is 3.36. The average molecular weight is 230 g/mol. The van der Waals surface area contributed by atoms with E-state index in [1.807, 2.05) is 0 Å². The van der Waals surface area contributed by atoms with Gasteiger partial charge in [-0.05, 0) is 25.7 Å². The first-order valence-corrected chi connectivity index (χ1v) is 5.56. The Labute approximate surface area is 93.1 Å². The number of anilines is 1. The molecule has 1 aromatic rings. The SMILES string of the molecule is Fc1cnc(NC2CCC(Cl)CC2)nc1. The molecule has 2 rings (SSSR count). The molecule has 0 saturated heterocycles. The lowest BCUT2D eigenvalue weighted by Crippen LogP contribution is -2.27. The minimum absolute atomic E-state index is 0.303. The zero-order chi connectivity index (χ0) is 10.7. The van der Waals surface area contributed by atoms with Crippen LogP contribution >= 0.6 is 11.6 Å². The first-order valence-electron chi connectivity index (χ1n) is 5.12. The topological polar surface area (TPSA) is 37.8 Å². The zero-order valence-electron chi connectivity index (χ0n) is 8.29. The molecule has 5 heteroatoms. The molecule has 1 saturated carbocycles. The summed E-state index contributed by atoms with van der Waals surface area (Å²) in [5.74, 6) is 0.0828. The van der Waals surface area contributed by atoms with E-state index in [9.17, 15) is 4.39 Å². The molecule has 1 aliphatic rings. The summed E-state index contributed by atoms with van der Waals surface area (Å²) in [7, 11) is 0. The molecule has 1 N–H and O–H groups in total. The maximum Gasteiger partial charge on any atom is 0.222 e. The fraction of sp³-hybridized carbons (Fsp3) is 0.600. The molecule has 0 atom stereocenters. The van der Waals surface area contributed by atoms with Gasteiger partial charge in [0.05, 0.1) is 12.4 Å². The molecule has 15 heavy (non-hydrogen) atoms. The van der Waals surface area contributed by atoms with Gasteiger partial charge in [-0.3, -0.25) is 0 Å². The van der Waals surface area contributed by atoms with Crippen molar-refractivity contribution in [1.29, 1.82) is 0 Å². The Morgan fingerprint density at radius 1 is 1.20 bits per heavy atom. The zero-order valence-corrected chi connectivity index (χ0v) is 9.04. The maximum atomic E-state index is 12.5. The van der Waals surface area contributed by atoms with Crippen LogP contribution in [0, 0.1) is 5.82 Å². The second-order valence-electron chi connectivity index (χ2n) is 3.82. The highest BCUT2D eigenvalue weighted by Crippen LogP contribution is 2.24.